The third-order valence-electron chi connectivity index (χ3n) is 23.4. The zero-order valence-electron chi connectivity index (χ0n) is 74.7. The number of benzene rings is 3. The Kier molecular flexibility index (Phi) is 38.6. The number of likely N-dealkylation sites (N-methyl/N-ethyl adjacent to an activating group) is 3. The molecule has 43 heteroatoms. The number of rotatable bonds is 25. The van der Waals surface area contributed by atoms with Crippen LogP contribution in [0.15, 0.2) is 85.2 Å². The van der Waals surface area contributed by atoms with Crippen LogP contribution in [0, 0.1) is 5.92 Å². The number of aromatic amines is 2. The van der Waals surface area contributed by atoms with E-state index in [1.54, 1.807) is 81.7 Å². The number of amides is 18. The Morgan fingerprint density at radius 1 is 0.496 bits per heavy atom. The van der Waals surface area contributed by atoms with Crippen LogP contribution in [0.2, 0.25) is 0 Å². The molecule has 712 valence electrons. The summed E-state index contributed by atoms with van der Waals surface area (Å²) in [4.78, 5) is 285. The molecule has 3 aliphatic heterocycles. The molecule has 0 bridgehead atoms. The van der Waals surface area contributed by atoms with Crippen LogP contribution < -0.4 is 70.4 Å². The predicted molar refractivity (Wildman–Crippen MR) is 478 cm³/mol. The number of phenols is 1. The van der Waals surface area contributed by atoms with E-state index in [4.69, 9.17) is 17.2 Å². The molecule has 5 aromatic rings. The number of aliphatic hydroxyl groups excluding tert-OH is 1. The lowest BCUT2D eigenvalue weighted by Gasteiger charge is -2.36. The Morgan fingerprint density at radius 3 is 1.51 bits per heavy atom. The maximum absolute atomic E-state index is 15.7. The lowest BCUT2D eigenvalue weighted by Crippen LogP contribution is -2.62. The van der Waals surface area contributed by atoms with Gasteiger partial charge in [0.2, 0.25) is 106 Å². The number of carbonyl (C=O) groups is 19. The van der Waals surface area contributed by atoms with Crippen LogP contribution in [0.1, 0.15) is 148 Å². The molecule has 0 radical (unpaired) electrons. The number of hydrogen-bond acceptors (Lipinski definition) is 22. The van der Waals surface area contributed by atoms with E-state index in [-0.39, 0.29) is 95.4 Å². The molecule has 8 rings (SSSR count). The second-order valence-electron chi connectivity index (χ2n) is 33.6. The zero-order chi connectivity index (χ0) is 96.2. The fourth-order valence-electron chi connectivity index (χ4n) is 16.1. The van der Waals surface area contributed by atoms with Gasteiger partial charge in [-0.15, -0.1) is 11.8 Å². The number of hydrogen-bond donors (Lipinski definition) is 18. The van der Waals surface area contributed by atoms with Gasteiger partial charge in [0.05, 0.1) is 31.7 Å². The van der Waals surface area contributed by atoms with Crippen LogP contribution in [0.5, 0.6) is 5.75 Å². The van der Waals surface area contributed by atoms with Gasteiger partial charge in [-0.3, -0.25) is 91.1 Å². The molecule has 5 heterocycles. The number of primary amides is 3. The molecule has 21 N–H and O–H groups in total. The number of aliphatic hydroxyl groups is 1. The lowest BCUT2D eigenvalue weighted by molar-refractivity contribution is -0.149. The SMILES string of the molecule is CCCC[C@H]1C(=O)N(C)[C@@H](CCCC)C(=O)N[C@@H](CCC(=O)O)C(=O)NC(C(=O)NCC(N)=O)CSCC(=O)N[C@@H](Cc2ccc(O)cc2)C(=O)N(C)[C@@H](C)C(=O)N[C@@H](CC(N)=O)C(=O)N2CCC[C@H]2C(=O)N[C@@H](CC(N)=O)C(=O)N[C@@H](CC(C)C)C(=O)N2CCC[C@H]2C(=O)N[C@@H](Cc2c[nH]c3ccccc23)C(=O)N[C@@H](CO)C(=O)N[C@@H](Cc2c[nH]c3ccccc23)C(=O)N1C. The predicted octanol–water partition coefficient (Wildman–Crippen LogP) is -2.39. The van der Waals surface area contributed by atoms with Crippen LogP contribution in [0.25, 0.3) is 21.8 Å². The van der Waals surface area contributed by atoms with Gasteiger partial charge in [0.15, 0.2) is 0 Å². The Morgan fingerprint density at radius 2 is 0.962 bits per heavy atom. The zero-order valence-corrected chi connectivity index (χ0v) is 75.5. The van der Waals surface area contributed by atoms with Gasteiger partial charge in [0.1, 0.15) is 90.3 Å². The van der Waals surface area contributed by atoms with Crippen molar-refractivity contribution in [3.05, 3.63) is 102 Å². The van der Waals surface area contributed by atoms with E-state index in [2.05, 4.69) is 63.1 Å². The Labute approximate surface area is 760 Å². The van der Waals surface area contributed by atoms with Crippen molar-refractivity contribution in [3.63, 3.8) is 0 Å². The highest BCUT2D eigenvalue weighted by Crippen LogP contribution is 2.28. The summed E-state index contributed by atoms with van der Waals surface area (Å²) in [5.41, 5.74) is 19.4. The van der Waals surface area contributed by atoms with Gasteiger partial charge < -0.3 is 120 Å². The standard InChI is InChI=1S/C88H122N20O22S/c1-9-11-23-66-81(123)96-57(31-32-74(115)116)77(119)103-65(76(118)94-43-72(91)113)45-131-46-73(114)95-61(36-49-27-29-52(110)30-28-49)84(126)104(6)48(5)75(117)99-63(40-71(90)112)87(129)108-34-18-26-68(108)83(125)98-59(39-70(89)111)79(121)100-60(35-47(3)4)86(128)107-33-17-25-67(107)82(124)97-58(37-50-41-92-55-21-15-13-19-53(50)55)78(120)102-64(44-109)80(122)101-62(38-51-42-93-56-22-16-14-20-54(51)56)85(127)106(8)69(24-12-10-2)88(130)105(66)7/h13-16,19-22,27-30,41-42,47-48,57-69,92-93,109-110H,9-12,17-18,23-26,31-40,43-46H2,1-8H3,(H2,89,111)(H2,90,112)(H2,91,113)(H,94,118)(H,95,114)(H,96,123)(H,97,124)(H,98,125)(H,99,117)(H,100,121)(H,101,122)(H,102,120)(H,103,119)(H,115,116)/t48-,57-,58-,59-,60-,61-,62-,63-,64-,65?,66-,67-,68-,69-/m0/s1. The monoisotopic (exact) mass is 1840 g/mol. The first-order valence-corrected chi connectivity index (χ1v) is 44.9. The van der Waals surface area contributed by atoms with Crippen molar-refractivity contribution < 1.29 is 106 Å². The number of H-pyrrole nitrogens is 2. The van der Waals surface area contributed by atoms with E-state index in [0.29, 0.717) is 69.5 Å². The number of carbonyl (C=O) groups excluding carboxylic acids is 18. The second kappa shape index (κ2) is 49.0. The average molecular weight is 1840 g/mol. The number of thioether (sulfide) groups is 1. The molecular formula is C88H122N20O22S. The van der Waals surface area contributed by atoms with Crippen LogP contribution in [-0.2, 0) is 110 Å². The highest BCUT2D eigenvalue weighted by molar-refractivity contribution is 8.00. The van der Waals surface area contributed by atoms with Gasteiger partial charge >= 0.3 is 5.97 Å². The summed E-state index contributed by atoms with van der Waals surface area (Å²) in [5, 5.41) is 58.2. The number of unbranched alkanes of at least 4 members (excludes halogenated alkanes) is 2. The highest BCUT2D eigenvalue weighted by atomic mass is 32.2. The number of para-hydroxylation sites is 2. The first-order valence-electron chi connectivity index (χ1n) is 43.8. The van der Waals surface area contributed by atoms with Crippen molar-refractivity contribution in [1.82, 2.24) is 87.6 Å². The van der Waals surface area contributed by atoms with Crippen LogP contribution >= 0.6 is 11.8 Å². The number of carboxylic acid groups (broad SMARTS) is 1. The van der Waals surface area contributed by atoms with Gasteiger partial charge in [-0.2, -0.15) is 0 Å². The smallest absolute Gasteiger partial charge is 0.303 e. The van der Waals surface area contributed by atoms with E-state index in [0.717, 1.165) is 19.6 Å². The van der Waals surface area contributed by atoms with Crippen molar-refractivity contribution >= 4 is 146 Å². The van der Waals surface area contributed by atoms with Crippen molar-refractivity contribution in [2.45, 2.75) is 235 Å². The number of aromatic nitrogens is 2. The fraction of sp³-hybridized carbons (Fsp3) is 0.534. The molecule has 3 aliphatic rings. The molecule has 18 amide bonds. The molecule has 3 aromatic carbocycles. The third-order valence-corrected chi connectivity index (χ3v) is 24.4. The summed E-state index contributed by atoms with van der Waals surface area (Å²) in [6, 6.07) is -2.97. The minimum Gasteiger partial charge on any atom is -0.508 e. The lowest BCUT2D eigenvalue weighted by atomic mass is 10.00. The fourth-order valence-corrected chi connectivity index (χ4v) is 17.0. The Hall–Kier alpha value is -13.2. The highest BCUT2D eigenvalue weighted by Gasteiger charge is 2.46. The van der Waals surface area contributed by atoms with E-state index in [1.807, 2.05) is 6.92 Å². The Balaban J connectivity index is 1.19. The molecule has 1 unspecified atom stereocenters. The van der Waals surface area contributed by atoms with E-state index in [9.17, 15) is 72.9 Å². The van der Waals surface area contributed by atoms with Crippen molar-refractivity contribution in [1.29, 1.82) is 0 Å². The normalized spacial score (nSPS) is 24.6. The van der Waals surface area contributed by atoms with E-state index >= 15 is 33.6 Å². The van der Waals surface area contributed by atoms with Crippen LogP contribution in [0.3, 0.4) is 0 Å². The van der Waals surface area contributed by atoms with E-state index < -0.39 is 247 Å². The molecule has 42 nitrogen and oxygen atoms in total. The van der Waals surface area contributed by atoms with Gasteiger partial charge in [-0.05, 0) is 105 Å². The molecule has 0 aliphatic carbocycles. The molecule has 131 heavy (non-hydrogen) atoms. The van der Waals surface area contributed by atoms with Crippen molar-refractivity contribution in [2.75, 3.05) is 58.9 Å². The number of nitrogens with zero attached hydrogens (tertiary/aromatic N) is 5. The number of carboxylic acids is 1. The van der Waals surface area contributed by atoms with Crippen LogP contribution in [-0.4, -0.2) is 306 Å². The maximum atomic E-state index is 15.7. The maximum Gasteiger partial charge on any atom is 0.303 e. The number of aromatic hydroxyl groups is 1. The second-order valence-corrected chi connectivity index (χ2v) is 34.6. The average Bonchev–Trinajstić information content (AvgIpc) is 1.60. The third kappa shape index (κ3) is 28.9. The largest absolute Gasteiger partial charge is 0.508 e. The molecule has 3 saturated heterocycles. The summed E-state index contributed by atoms with van der Waals surface area (Å²) >= 11 is 0.700. The van der Waals surface area contributed by atoms with Gasteiger partial charge in [-0.25, -0.2) is 0 Å². The summed E-state index contributed by atoms with van der Waals surface area (Å²) in [6.45, 7) is 6.22. The summed E-state index contributed by atoms with van der Waals surface area (Å²) in [5.74, 6) is -21.0. The number of fused-ring (bicyclic) bond motifs is 4. The first-order chi connectivity index (χ1) is 62.2. The summed E-state index contributed by atoms with van der Waals surface area (Å²) in [7, 11) is 3.79. The molecule has 14 atom stereocenters. The van der Waals surface area contributed by atoms with Crippen molar-refractivity contribution in [2.24, 2.45) is 23.1 Å². The van der Waals surface area contributed by atoms with E-state index in [1.165, 1.54) is 57.2 Å². The molecular weight excluding hydrogens is 1720 g/mol. The van der Waals surface area contributed by atoms with Gasteiger partial charge in [0.25, 0.3) is 0 Å². The minimum atomic E-state index is -1.88. The topological polar surface area (TPSA) is 631 Å². The number of aliphatic carboxylic acids is 1. The van der Waals surface area contributed by atoms with Gasteiger partial charge in [-0.1, -0.05) is 102 Å². The molecule has 2 aromatic heterocycles. The molecule has 3 fully saturated rings. The minimum absolute atomic E-state index is 0.0173. The van der Waals surface area contributed by atoms with Crippen molar-refractivity contribution in [3.8, 4) is 5.75 Å². The number of phenolic OH excluding ortho intramolecular Hbond substituents is 1. The Bertz CT molecular complexity index is 4990. The molecule has 0 saturated carbocycles. The number of nitrogens with one attached hydrogen (secondary N) is 12. The summed E-state index contributed by atoms with van der Waals surface area (Å²) in [6.07, 6.45) is 0.836. The van der Waals surface area contributed by atoms with Gasteiger partial charge in [0, 0.05) is 99.9 Å². The van der Waals surface area contributed by atoms with Crippen LogP contribution in [0.4, 0.5) is 0 Å². The number of nitrogens with two attached hydrogens (primary N) is 3. The first kappa shape index (κ1) is 103. The summed E-state index contributed by atoms with van der Waals surface area (Å²) < 4.78 is 0. The quantitative estimate of drug-likeness (QED) is 0.0290. The molecule has 0 spiro atoms.